The number of nitrogens with zero attached hydrogens (tertiary/aromatic N) is 2. The summed E-state index contributed by atoms with van der Waals surface area (Å²) in [6.07, 6.45) is 1.48. The summed E-state index contributed by atoms with van der Waals surface area (Å²) in [5.41, 5.74) is 0.462. The van der Waals surface area contributed by atoms with Crippen LogP contribution in [-0.4, -0.2) is 21.8 Å². The van der Waals surface area contributed by atoms with E-state index in [-0.39, 0.29) is 17.0 Å². The first-order chi connectivity index (χ1) is 16.0. The van der Waals surface area contributed by atoms with E-state index in [0.29, 0.717) is 16.6 Å². The van der Waals surface area contributed by atoms with Gasteiger partial charge in [0.15, 0.2) is 11.6 Å². The molecule has 2 heterocycles. The highest BCUT2D eigenvalue weighted by Crippen LogP contribution is 2.42. The molecule has 1 atom stereocenters. The van der Waals surface area contributed by atoms with Gasteiger partial charge in [-0.3, -0.25) is 19.5 Å². The van der Waals surface area contributed by atoms with Crippen LogP contribution in [-0.2, 0) is 9.59 Å². The molecule has 1 N–H and O–H groups in total. The van der Waals surface area contributed by atoms with Gasteiger partial charge in [-0.2, -0.15) is 0 Å². The lowest BCUT2D eigenvalue weighted by Gasteiger charge is -2.24. The van der Waals surface area contributed by atoms with Gasteiger partial charge >= 0.3 is 0 Å². The number of carbonyl (C=O) groups excluding carboxylic acids is 2. The van der Waals surface area contributed by atoms with Crippen LogP contribution in [0.15, 0.2) is 90.6 Å². The number of fused-ring (bicyclic) bond motifs is 1. The van der Waals surface area contributed by atoms with Crippen LogP contribution in [0.3, 0.4) is 0 Å². The molecule has 33 heavy (non-hydrogen) atoms. The Labute approximate surface area is 187 Å². The van der Waals surface area contributed by atoms with Gasteiger partial charge in [0, 0.05) is 23.5 Å². The van der Waals surface area contributed by atoms with Crippen LogP contribution >= 0.6 is 0 Å². The van der Waals surface area contributed by atoms with Crippen molar-refractivity contribution < 1.29 is 23.5 Å². The number of aliphatic hydroxyl groups is 1. The molecule has 0 saturated carbocycles. The monoisotopic (exact) mass is 442 g/mol. The predicted molar refractivity (Wildman–Crippen MR) is 119 cm³/mol. The number of pyridine rings is 1. The van der Waals surface area contributed by atoms with Crippen LogP contribution in [0.4, 0.5) is 14.5 Å². The smallest absolute Gasteiger partial charge is 0.300 e. The molecular formula is C26H16F2N2O3. The first kappa shape index (κ1) is 20.5. The van der Waals surface area contributed by atoms with E-state index in [0.717, 1.165) is 22.4 Å². The summed E-state index contributed by atoms with van der Waals surface area (Å²) < 4.78 is 27.6. The third kappa shape index (κ3) is 3.34. The minimum absolute atomic E-state index is 0.0244. The van der Waals surface area contributed by atoms with Crippen LogP contribution < -0.4 is 4.90 Å². The van der Waals surface area contributed by atoms with Crippen molar-refractivity contribution >= 4 is 33.9 Å². The number of Topliss-reactive ketones (excluding diaryl/α,β-unsaturated/α-hetero) is 1. The predicted octanol–water partition coefficient (Wildman–Crippen LogP) is 5.14. The van der Waals surface area contributed by atoms with Crippen molar-refractivity contribution in [3.8, 4) is 0 Å². The molecular weight excluding hydrogens is 426 g/mol. The van der Waals surface area contributed by atoms with E-state index in [9.17, 15) is 23.5 Å². The van der Waals surface area contributed by atoms with Gasteiger partial charge in [0.1, 0.15) is 11.8 Å². The number of ketones is 1. The Kier molecular flexibility index (Phi) is 4.94. The van der Waals surface area contributed by atoms with Crippen LogP contribution in [0, 0.1) is 11.6 Å². The average molecular weight is 442 g/mol. The molecule has 0 bridgehead atoms. The third-order valence-electron chi connectivity index (χ3n) is 5.64. The first-order valence-corrected chi connectivity index (χ1v) is 10.1. The average Bonchev–Trinajstić information content (AvgIpc) is 3.11. The minimum atomic E-state index is -1.16. The summed E-state index contributed by atoms with van der Waals surface area (Å²) in [4.78, 5) is 31.6. The molecule has 1 fully saturated rings. The molecule has 5 nitrogen and oxygen atoms in total. The summed E-state index contributed by atoms with van der Waals surface area (Å²) >= 11 is 0. The Hall–Kier alpha value is -4.39. The molecule has 1 saturated heterocycles. The number of amides is 1. The highest BCUT2D eigenvalue weighted by molar-refractivity contribution is 6.51. The maximum Gasteiger partial charge on any atom is 0.300 e. The van der Waals surface area contributed by atoms with Crippen LogP contribution in [0.2, 0.25) is 0 Å². The fraction of sp³-hybridized carbons (Fsp3) is 0.0385. The summed E-state index contributed by atoms with van der Waals surface area (Å²) in [7, 11) is 0. The SMILES string of the molecule is O=C1C(=O)N(c2ccc(F)c(F)c2)C(c2ccccn2)/C1=C(/O)c1cccc2ccccc12. The van der Waals surface area contributed by atoms with Crippen LogP contribution in [0.1, 0.15) is 17.3 Å². The van der Waals surface area contributed by atoms with Crippen molar-refractivity contribution in [2.24, 2.45) is 0 Å². The van der Waals surface area contributed by atoms with E-state index in [4.69, 9.17) is 0 Å². The number of benzene rings is 3. The minimum Gasteiger partial charge on any atom is -0.507 e. The number of anilines is 1. The molecule has 1 unspecified atom stereocenters. The highest BCUT2D eigenvalue weighted by atomic mass is 19.2. The highest BCUT2D eigenvalue weighted by Gasteiger charge is 2.47. The Morgan fingerprint density at radius 1 is 0.879 bits per heavy atom. The molecule has 1 aliphatic rings. The second kappa shape index (κ2) is 7.94. The number of aromatic nitrogens is 1. The molecule has 5 rings (SSSR count). The molecule has 7 heteroatoms. The van der Waals surface area contributed by atoms with E-state index in [1.165, 1.54) is 12.3 Å². The molecule has 4 aromatic rings. The van der Waals surface area contributed by atoms with Gasteiger partial charge in [-0.15, -0.1) is 0 Å². The topological polar surface area (TPSA) is 70.5 Å². The Morgan fingerprint density at radius 3 is 2.39 bits per heavy atom. The first-order valence-electron chi connectivity index (χ1n) is 10.1. The van der Waals surface area contributed by atoms with Crippen molar-refractivity contribution in [1.82, 2.24) is 4.98 Å². The number of rotatable bonds is 3. The molecule has 162 valence electrons. The molecule has 1 amide bonds. The van der Waals surface area contributed by atoms with Gasteiger partial charge < -0.3 is 5.11 Å². The zero-order valence-corrected chi connectivity index (χ0v) is 17.1. The summed E-state index contributed by atoms with van der Waals surface area (Å²) in [6, 6.07) is 19.3. The summed E-state index contributed by atoms with van der Waals surface area (Å²) in [5.74, 6) is -4.53. The van der Waals surface area contributed by atoms with Crippen molar-refractivity contribution in [2.75, 3.05) is 4.90 Å². The third-order valence-corrected chi connectivity index (χ3v) is 5.64. The standard InChI is InChI=1S/C26H16F2N2O3/c27-19-12-11-16(14-20(19)28)30-23(21-10-3-4-13-29-21)22(25(32)26(30)33)24(31)18-9-5-7-15-6-1-2-8-17(15)18/h1-14,23,31H/b24-22-. The van der Waals surface area contributed by atoms with E-state index in [1.54, 1.807) is 42.5 Å². The lowest BCUT2D eigenvalue weighted by atomic mass is 9.95. The molecule has 0 radical (unpaired) electrons. The number of halogens is 2. The second-order valence-electron chi connectivity index (χ2n) is 7.55. The zero-order valence-electron chi connectivity index (χ0n) is 17.1. The fourth-order valence-corrected chi connectivity index (χ4v) is 4.13. The van der Waals surface area contributed by atoms with Crippen molar-refractivity contribution in [1.29, 1.82) is 0 Å². The van der Waals surface area contributed by atoms with Crippen molar-refractivity contribution in [2.45, 2.75) is 6.04 Å². The van der Waals surface area contributed by atoms with Gasteiger partial charge in [0.05, 0.1) is 11.3 Å². The van der Waals surface area contributed by atoms with Gasteiger partial charge in [-0.25, -0.2) is 8.78 Å². The Bertz CT molecular complexity index is 1450. The molecule has 1 aromatic heterocycles. The number of hydrogen-bond donors (Lipinski definition) is 1. The van der Waals surface area contributed by atoms with E-state index < -0.39 is 29.4 Å². The molecule has 0 aliphatic carbocycles. The zero-order chi connectivity index (χ0) is 23.1. The van der Waals surface area contributed by atoms with Crippen LogP contribution in [0.5, 0.6) is 0 Å². The van der Waals surface area contributed by atoms with Crippen molar-refractivity contribution in [3.05, 3.63) is 114 Å². The Balaban J connectivity index is 1.77. The maximum atomic E-state index is 14.0. The summed E-state index contributed by atoms with van der Waals surface area (Å²) in [6.45, 7) is 0. The summed E-state index contributed by atoms with van der Waals surface area (Å²) in [5, 5.41) is 12.8. The van der Waals surface area contributed by atoms with E-state index >= 15 is 0 Å². The molecule has 1 aliphatic heterocycles. The van der Waals surface area contributed by atoms with Gasteiger partial charge in [-0.1, -0.05) is 48.5 Å². The van der Waals surface area contributed by atoms with E-state index in [2.05, 4.69) is 4.98 Å². The maximum absolute atomic E-state index is 14.0. The van der Waals surface area contributed by atoms with Crippen molar-refractivity contribution in [3.63, 3.8) is 0 Å². The Morgan fingerprint density at radius 2 is 1.64 bits per heavy atom. The number of aliphatic hydroxyl groups excluding tert-OH is 1. The normalized spacial score (nSPS) is 17.6. The fourth-order valence-electron chi connectivity index (χ4n) is 4.13. The number of carbonyl (C=O) groups is 2. The van der Waals surface area contributed by atoms with Gasteiger partial charge in [0.25, 0.3) is 11.7 Å². The molecule has 0 spiro atoms. The lowest BCUT2D eigenvalue weighted by Crippen LogP contribution is -2.30. The largest absolute Gasteiger partial charge is 0.507 e. The number of hydrogen-bond acceptors (Lipinski definition) is 4. The second-order valence-corrected chi connectivity index (χ2v) is 7.55. The van der Waals surface area contributed by atoms with Gasteiger partial charge in [-0.05, 0) is 35.0 Å². The quantitative estimate of drug-likeness (QED) is 0.271. The lowest BCUT2D eigenvalue weighted by molar-refractivity contribution is -0.132. The molecule has 3 aromatic carbocycles. The van der Waals surface area contributed by atoms with Crippen LogP contribution in [0.25, 0.3) is 16.5 Å². The van der Waals surface area contributed by atoms with E-state index in [1.807, 2.05) is 18.2 Å². The van der Waals surface area contributed by atoms with Gasteiger partial charge in [0.2, 0.25) is 0 Å².